The van der Waals surface area contributed by atoms with Gasteiger partial charge in [-0.1, -0.05) is 11.6 Å². The van der Waals surface area contributed by atoms with Crippen molar-refractivity contribution in [2.24, 2.45) is 0 Å². The highest BCUT2D eigenvalue weighted by Gasteiger charge is 2.21. The van der Waals surface area contributed by atoms with Gasteiger partial charge in [0, 0.05) is 13.1 Å². The first-order chi connectivity index (χ1) is 9.99. The van der Waals surface area contributed by atoms with Gasteiger partial charge >= 0.3 is 5.97 Å². The highest BCUT2D eigenvalue weighted by molar-refractivity contribution is 6.33. The van der Waals surface area contributed by atoms with Crippen LogP contribution in [0.3, 0.4) is 0 Å². The summed E-state index contributed by atoms with van der Waals surface area (Å²) in [5, 5.41) is -0.280. The lowest BCUT2D eigenvalue weighted by Gasteiger charge is -2.26. The molecule has 21 heavy (non-hydrogen) atoms. The minimum atomic E-state index is -1.22. The first kappa shape index (κ1) is 15.7. The average molecular weight is 320 g/mol. The second kappa shape index (κ2) is 6.82. The largest absolute Gasteiger partial charge is 0.452 e. The molecule has 0 aromatic heterocycles. The van der Waals surface area contributed by atoms with Gasteiger partial charge in [0.05, 0.1) is 23.8 Å². The number of benzene rings is 1. The van der Waals surface area contributed by atoms with Crippen LogP contribution in [-0.2, 0) is 14.3 Å². The van der Waals surface area contributed by atoms with E-state index in [1.54, 1.807) is 0 Å². The number of hydrogen-bond donors (Lipinski definition) is 0. The molecule has 1 saturated heterocycles. The summed E-state index contributed by atoms with van der Waals surface area (Å²) in [6, 6.07) is 1.32. The Hall–Kier alpha value is -1.73. The van der Waals surface area contributed by atoms with E-state index in [2.05, 4.69) is 0 Å². The van der Waals surface area contributed by atoms with Gasteiger partial charge in [0.2, 0.25) is 0 Å². The summed E-state index contributed by atoms with van der Waals surface area (Å²) in [6.45, 7) is 1.20. The summed E-state index contributed by atoms with van der Waals surface area (Å²) < 4.78 is 35.8. The fraction of sp³-hybridized carbons (Fsp3) is 0.385. The van der Waals surface area contributed by atoms with E-state index in [9.17, 15) is 18.4 Å². The monoisotopic (exact) mass is 319 g/mol. The van der Waals surface area contributed by atoms with Gasteiger partial charge in [-0.15, -0.1) is 0 Å². The van der Waals surface area contributed by atoms with Crippen molar-refractivity contribution < 1.29 is 27.8 Å². The number of halogens is 3. The van der Waals surface area contributed by atoms with Gasteiger partial charge in [0.15, 0.2) is 18.2 Å². The SMILES string of the molecule is O=C(OCC(=O)N1CCOCC1)c1cc(F)c(F)cc1Cl. The van der Waals surface area contributed by atoms with E-state index in [-0.39, 0.29) is 16.5 Å². The molecule has 114 valence electrons. The number of morpholine rings is 1. The number of hydrogen-bond acceptors (Lipinski definition) is 4. The van der Waals surface area contributed by atoms with E-state index in [4.69, 9.17) is 21.1 Å². The first-order valence-corrected chi connectivity index (χ1v) is 6.54. The van der Waals surface area contributed by atoms with E-state index < -0.39 is 24.2 Å². The smallest absolute Gasteiger partial charge is 0.340 e. The van der Waals surface area contributed by atoms with E-state index in [0.717, 1.165) is 0 Å². The quantitative estimate of drug-likeness (QED) is 0.628. The molecule has 0 radical (unpaired) electrons. The molecule has 0 N–H and O–H groups in total. The van der Waals surface area contributed by atoms with Gasteiger partial charge in [0.25, 0.3) is 5.91 Å². The van der Waals surface area contributed by atoms with Crippen molar-refractivity contribution >= 4 is 23.5 Å². The Morgan fingerprint density at radius 3 is 2.52 bits per heavy atom. The van der Waals surface area contributed by atoms with Crippen LogP contribution in [0.1, 0.15) is 10.4 Å². The maximum absolute atomic E-state index is 13.1. The number of amides is 1. The van der Waals surface area contributed by atoms with Crippen LogP contribution in [0.4, 0.5) is 8.78 Å². The molecule has 2 rings (SSSR count). The number of nitrogens with zero attached hydrogens (tertiary/aromatic N) is 1. The summed E-state index contributed by atoms with van der Waals surface area (Å²) in [4.78, 5) is 25.0. The second-order valence-corrected chi connectivity index (χ2v) is 4.72. The summed E-state index contributed by atoms with van der Waals surface area (Å²) in [5.74, 6) is -3.75. The van der Waals surface area contributed by atoms with Gasteiger partial charge in [0.1, 0.15) is 0 Å². The Labute approximate surface area is 124 Å². The molecule has 1 amide bonds. The van der Waals surface area contributed by atoms with Crippen LogP contribution < -0.4 is 0 Å². The number of carbonyl (C=O) groups is 2. The predicted molar refractivity (Wildman–Crippen MR) is 69.0 cm³/mol. The average Bonchev–Trinajstić information content (AvgIpc) is 2.49. The number of carbonyl (C=O) groups excluding carboxylic acids is 2. The maximum atomic E-state index is 13.1. The standard InChI is InChI=1S/C13H12ClF2NO4/c14-9-6-11(16)10(15)5-8(9)13(19)21-7-12(18)17-1-3-20-4-2-17/h5-6H,1-4,7H2. The van der Waals surface area contributed by atoms with Crippen molar-refractivity contribution in [3.63, 3.8) is 0 Å². The van der Waals surface area contributed by atoms with Gasteiger partial charge < -0.3 is 14.4 Å². The lowest BCUT2D eigenvalue weighted by atomic mass is 10.2. The summed E-state index contributed by atoms with van der Waals surface area (Å²) in [5.41, 5.74) is -0.328. The molecule has 0 aliphatic carbocycles. The molecule has 1 aromatic rings. The predicted octanol–water partition coefficient (Wildman–Crippen LogP) is 1.63. The van der Waals surface area contributed by atoms with E-state index >= 15 is 0 Å². The van der Waals surface area contributed by atoms with Crippen molar-refractivity contribution in [3.05, 3.63) is 34.4 Å². The summed E-state index contributed by atoms with van der Waals surface area (Å²) >= 11 is 5.64. The minimum absolute atomic E-state index is 0.280. The van der Waals surface area contributed by atoms with Crippen molar-refractivity contribution in [1.82, 2.24) is 4.90 Å². The van der Waals surface area contributed by atoms with Gasteiger partial charge in [-0.3, -0.25) is 4.79 Å². The Morgan fingerprint density at radius 2 is 1.86 bits per heavy atom. The van der Waals surface area contributed by atoms with Gasteiger partial charge in [-0.25, -0.2) is 13.6 Å². The molecule has 0 saturated carbocycles. The van der Waals surface area contributed by atoms with Crippen LogP contribution in [0.15, 0.2) is 12.1 Å². The van der Waals surface area contributed by atoms with Gasteiger partial charge in [-0.2, -0.15) is 0 Å². The molecular weight excluding hydrogens is 308 g/mol. The van der Waals surface area contributed by atoms with Crippen molar-refractivity contribution in [2.45, 2.75) is 0 Å². The molecule has 1 aliphatic heterocycles. The number of ether oxygens (including phenoxy) is 2. The maximum Gasteiger partial charge on any atom is 0.340 e. The zero-order valence-corrected chi connectivity index (χ0v) is 11.7. The molecule has 1 fully saturated rings. The Morgan fingerprint density at radius 1 is 1.24 bits per heavy atom. The van der Waals surface area contributed by atoms with Crippen molar-refractivity contribution in [2.75, 3.05) is 32.9 Å². The summed E-state index contributed by atoms with van der Waals surface area (Å²) in [6.07, 6.45) is 0. The zero-order chi connectivity index (χ0) is 15.4. The molecular formula is C13H12ClF2NO4. The van der Waals surface area contributed by atoms with Crippen LogP contribution in [0.5, 0.6) is 0 Å². The number of esters is 1. The van der Waals surface area contributed by atoms with Crippen molar-refractivity contribution in [1.29, 1.82) is 0 Å². The van der Waals surface area contributed by atoms with Crippen molar-refractivity contribution in [3.8, 4) is 0 Å². The molecule has 1 aliphatic rings. The third-order valence-electron chi connectivity index (χ3n) is 2.92. The third-order valence-corrected chi connectivity index (χ3v) is 3.23. The molecule has 1 aromatic carbocycles. The Kier molecular flexibility index (Phi) is 5.08. The molecule has 0 bridgehead atoms. The van der Waals surface area contributed by atoms with Crippen LogP contribution >= 0.6 is 11.6 Å². The molecule has 8 heteroatoms. The van der Waals surface area contributed by atoms with E-state index in [1.807, 2.05) is 0 Å². The lowest BCUT2D eigenvalue weighted by molar-refractivity contribution is -0.138. The normalized spacial score (nSPS) is 14.9. The second-order valence-electron chi connectivity index (χ2n) is 4.32. The molecule has 0 atom stereocenters. The fourth-order valence-corrected chi connectivity index (χ4v) is 2.02. The third kappa shape index (κ3) is 3.89. The summed E-state index contributed by atoms with van der Waals surface area (Å²) in [7, 11) is 0. The van der Waals surface area contributed by atoms with Crippen LogP contribution in [0.25, 0.3) is 0 Å². The molecule has 0 spiro atoms. The number of rotatable bonds is 3. The Bertz CT molecular complexity index is 561. The topological polar surface area (TPSA) is 55.8 Å². The lowest BCUT2D eigenvalue weighted by Crippen LogP contribution is -2.42. The molecule has 0 unspecified atom stereocenters. The van der Waals surface area contributed by atoms with Crippen LogP contribution in [-0.4, -0.2) is 49.7 Å². The van der Waals surface area contributed by atoms with E-state index in [0.29, 0.717) is 38.4 Å². The Balaban J connectivity index is 1.95. The highest BCUT2D eigenvalue weighted by Crippen LogP contribution is 2.20. The highest BCUT2D eigenvalue weighted by atomic mass is 35.5. The molecule has 5 nitrogen and oxygen atoms in total. The van der Waals surface area contributed by atoms with Gasteiger partial charge in [-0.05, 0) is 12.1 Å². The van der Waals surface area contributed by atoms with E-state index in [1.165, 1.54) is 4.90 Å². The first-order valence-electron chi connectivity index (χ1n) is 6.16. The van der Waals surface area contributed by atoms with Crippen LogP contribution in [0, 0.1) is 11.6 Å². The minimum Gasteiger partial charge on any atom is -0.452 e. The zero-order valence-electron chi connectivity index (χ0n) is 10.9. The van der Waals surface area contributed by atoms with Crippen LogP contribution in [0.2, 0.25) is 5.02 Å². The molecule has 1 heterocycles. The fourth-order valence-electron chi connectivity index (χ4n) is 1.79.